The third-order valence-electron chi connectivity index (χ3n) is 2.64. The molecule has 0 saturated carbocycles. The standard InChI is InChI=1S/C10H16N2O5/c1-10(2,9(11)16)12-7(13)5-3-4-6(17-5)8(14)15/h5-6H,3-4H2,1-2H3,(H2,11,16)(H,12,13)(H,14,15)/t5-,6+/m0/s1. The van der Waals surface area contributed by atoms with E-state index in [-0.39, 0.29) is 6.42 Å². The van der Waals surface area contributed by atoms with Gasteiger partial charge in [-0.15, -0.1) is 0 Å². The third kappa shape index (κ3) is 3.16. The molecule has 0 aromatic heterocycles. The number of aliphatic carboxylic acids is 1. The summed E-state index contributed by atoms with van der Waals surface area (Å²) in [7, 11) is 0. The van der Waals surface area contributed by atoms with Crippen LogP contribution in [0.5, 0.6) is 0 Å². The summed E-state index contributed by atoms with van der Waals surface area (Å²) in [6.45, 7) is 2.94. The second-order valence-electron chi connectivity index (χ2n) is 4.51. The van der Waals surface area contributed by atoms with E-state index >= 15 is 0 Å². The first-order valence-corrected chi connectivity index (χ1v) is 5.24. The van der Waals surface area contributed by atoms with Gasteiger partial charge in [-0.05, 0) is 26.7 Å². The van der Waals surface area contributed by atoms with Crippen molar-refractivity contribution in [2.45, 2.75) is 44.4 Å². The number of carbonyl (C=O) groups is 3. The summed E-state index contributed by atoms with van der Waals surface area (Å²) >= 11 is 0. The van der Waals surface area contributed by atoms with Crippen molar-refractivity contribution in [3.63, 3.8) is 0 Å². The zero-order valence-corrected chi connectivity index (χ0v) is 9.73. The van der Waals surface area contributed by atoms with Gasteiger partial charge in [0.15, 0.2) is 6.10 Å². The van der Waals surface area contributed by atoms with Crippen molar-refractivity contribution in [2.75, 3.05) is 0 Å². The SMILES string of the molecule is CC(C)(NC(=O)[C@@H]1CC[C@H](C(=O)O)O1)C(N)=O. The summed E-state index contributed by atoms with van der Waals surface area (Å²) in [5, 5.41) is 11.1. The van der Waals surface area contributed by atoms with Crippen LogP contribution in [0.3, 0.4) is 0 Å². The number of rotatable bonds is 4. The van der Waals surface area contributed by atoms with Crippen molar-refractivity contribution in [3.8, 4) is 0 Å². The number of ether oxygens (including phenoxy) is 1. The minimum absolute atomic E-state index is 0.282. The van der Waals surface area contributed by atoms with E-state index in [4.69, 9.17) is 15.6 Å². The fraction of sp³-hybridized carbons (Fsp3) is 0.700. The van der Waals surface area contributed by atoms with E-state index in [1.54, 1.807) is 0 Å². The molecule has 0 bridgehead atoms. The highest BCUT2D eigenvalue weighted by molar-refractivity contribution is 5.91. The van der Waals surface area contributed by atoms with Gasteiger partial charge in [0.05, 0.1) is 0 Å². The van der Waals surface area contributed by atoms with Gasteiger partial charge < -0.3 is 20.9 Å². The second kappa shape index (κ2) is 4.70. The topological polar surface area (TPSA) is 119 Å². The largest absolute Gasteiger partial charge is 0.479 e. The van der Waals surface area contributed by atoms with Crippen LogP contribution in [-0.2, 0) is 19.1 Å². The molecule has 96 valence electrons. The Morgan fingerprint density at radius 1 is 1.29 bits per heavy atom. The number of hydrogen-bond acceptors (Lipinski definition) is 4. The number of carboxylic acids is 1. The molecule has 1 fully saturated rings. The van der Waals surface area contributed by atoms with Gasteiger partial charge in [-0.3, -0.25) is 9.59 Å². The van der Waals surface area contributed by atoms with Gasteiger partial charge in [0.1, 0.15) is 11.6 Å². The van der Waals surface area contributed by atoms with Gasteiger partial charge in [0.2, 0.25) is 11.8 Å². The molecule has 1 aliphatic heterocycles. The maximum atomic E-state index is 11.7. The Hall–Kier alpha value is -1.63. The van der Waals surface area contributed by atoms with Crippen molar-refractivity contribution < 1.29 is 24.2 Å². The zero-order valence-electron chi connectivity index (χ0n) is 9.73. The Labute approximate surface area is 98.3 Å². The van der Waals surface area contributed by atoms with E-state index < -0.39 is 35.5 Å². The molecular formula is C10H16N2O5. The third-order valence-corrected chi connectivity index (χ3v) is 2.64. The Morgan fingerprint density at radius 2 is 1.82 bits per heavy atom. The molecule has 0 radical (unpaired) electrons. The van der Waals surface area contributed by atoms with Crippen molar-refractivity contribution in [3.05, 3.63) is 0 Å². The fourth-order valence-electron chi connectivity index (χ4n) is 1.46. The molecule has 0 aromatic rings. The molecule has 7 heteroatoms. The lowest BCUT2D eigenvalue weighted by Gasteiger charge is -2.24. The second-order valence-corrected chi connectivity index (χ2v) is 4.51. The van der Waals surface area contributed by atoms with Crippen LogP contribution in [0.2, 0.25) is 0 Å². The van der Waals surface area contributed by atoms with Crippen LogP contribution in [0, 0.1) is 0 Å². The lowest BCUT2D eigenvalue weighted by molar-refractivity contribution is -0.152. The van der Waals surface area contributed by atoms with Crippen LogP contribution in [0.25, 0.3) is 0 Å². The molecule has 2 amide bonds. The first-order valence-electron chi connectivity index (χ1n) is 5.24. The highest BCUT2D eigenvalue weighted by Gasteiger charge is 2.37. The highest BCUT2D eigenvalue weighted by Crippen LogP contribution is 2.20. The Kier molecular flexibility index (Phi) is 3.72. The molecule has 0 unspecified atom stereocenters. The number of nitrogens with two attached hydrogens (primary N) is 1. The Balaban J connectivity index is 2.56. The zero-order chi connectivity index (χ0) is 13.2. The molecule has 17 heavy (non-hydrogen) atoms. The molecule has 4 N–H and O–H groups in total. The van der Waals surface area contributed by atoms with Gasteiger partial charge in [-0.25, -0.2) is 4.79 Å². The lowest BCUT2D eigenvalue weighted by atomic mass is 10.0. The normalized spacial score (nSPS) is 24.4. The van der Waals surface area contributed by atoms with E-state index in [0.29, 0.717) is 6.42 Å². The van der Waals surface area contributed by atoms with Crippen LogP contribution in [0.15, 0.2) is 0 Å². The summed E-state index contributed by atoms with van der Waals surface area (Å²) in [6, 6.07) is 0. The van der Waals surface area contributed by atoms with Crippen molar-refractivity contribution >= 4 is 17.8 Å². The number of nitrogens with one attached hydrogen (secondary N) is 1. The number of carbonyl (C=O) groups excluding carboxylic acids is 2. The van der Waals surface area contributed by atoms with Crippen LogP contribution in [0.1, 0.15) is 26.7 Å². The first kappa shape index (κ1) is 13.4. The molecule has 1 heterocycles. The maximum Gasteiger partial charge on any atom is 0.332 e. The predicted molar refractivity (Wildman–Crippen MR) is 56.9 cm³/mol. The summed E-state index contributed by atoms with van der Waals surface area (Å²) in [4.78, 5) is 33.3. The van der Waals surface area contributed by atoms with Gasteiger partial charge in [0, 0.05) is 0 Å². The van der Waals surface area contributed by atoms with E-state index in [0.717, 1.165) is 0 Å². The summed E-state index contributed by atoms with van der Waals surface area (Å²) in [6.07, 6.45) is -1.20. The molecule has 0 aliphatic carbocycles. The molecular weight excluding hydrogens is 228 g/mol. The van der Waals surface area contributed by atoms with Crippen LogP contribution < -0.4 is 11.1 Å². The van der Waals surface area contributed by atoms with Crippen molar-refractivity contribution in [1.82, 2.24) is 5.32 Å². The van der Waals surface area contributed by atoms with Crippen LogP contribution in [0.4, 0.5) is 0 Å². The van der Waals surface area contributed by atoms with Gasteiger partial charge in [0.25, 0.3) is 0 Å². The van der Waals surface area contributed by atoms with Crippen molar-refractivity contribution in [1.29, 1.82) is 0 Å². The van der Waals surface area contributed by atoms with Gasteiger partial charge >= 0.3 is 5.97 Å². The minimum Gasteiger partial charge on any atom is -0.479 e. The van der Waals surface area contributed by atoms with E-state index in [1.165, 1.54) is 13.8 Å². The molecule has 1 aliphatic rings. The quantitative estimate of drug-likeness (QED) is 0.586. The van der Waals surface area contributed by atoms with Gasteiger partial charge in [-0.2, -0.15) is 0 Å². The Bertz CT molecular complexity index is 353. The van der Waals surface area contributed by atoms with Crippen LogP contribution in [-0.4, -0.2) is 40.6 Å². The monoisotopic (exact) mass is 244 g/mol. The minimum atomic E-state index is -1.18. The molecule has 2 atom stereocenters. The first-order chi connectivity index (χ1) is 7.74. The molecule has 0 aromatic carbocycles. The summed E-state index contributed by atoms with van der Waals surface area (Å²) < 4.78 is 5.05. The van der Waals surface area contributed by atoms with Crippen molar-refractivity contribution in [2.24, 2.45) is 5.73 Å². The van der Waals surface area contributed by atoms with E-state index in [9.17, 15) is 14.4 Å². The smallest absolute Gasteiger partial charge is 0.332 e. The average Bonchev–Trinajstić information content (AvgIpc) is 2.65. The van der Waals surface area contributed by atoms with E-state index in [1.807, 2.05) is 0 Å². The number of amides is 2. The molecule has 1 saturated heterocycles. The number of primary amides is 1. The Morgan fingerprint density at radius 3 is 2.24 bits per heavy atom. The fourth-order valence-corrected chi connectivity index (χ4v) is 1.46. The molecule has 1 rings (SSSR count). The number of hydrogen-bond donors (Lipinski definition) is 3. The summed E-state index contributed by atoms with van der Waals surface area (Å²) in [5.41, 5.74) is 3.93. The average molecular weight is 244 g/mol. The highest BCUT2D eigenvalue weighted by atomic mass is 16.5. The van der Waals surface area contributed by atoms with Crippen LogP contribution >= 0.6 is 0 Å². The predicted octanol–water partition coefficient (Wildman–Crippen LogP) is -1.00. The summed E-state index contributed by atoms with van der Waals surface area (Å²) in [5.74, 6) is -2.27. The number of carboxylic acid groups (broad SMARTS) is 1. The molecule has 7 nitrogen and oxygen atoms in total. The lowest BCUT2D eigenvalue weighted by Crippen LogP contribution is -2.55. The van der Waals surface area contributed by atoms with E-state index in [2.05, 4.69) is 5.32 Å². The molecule has 0 spiro atoms. The maximum absolute atomic E-state index is 11.7. The van der Waals surface area contributed by atoms with Gasteiger partial charge in [-0.1, -0.05) is 0 Å².